The minimum absolute atomic E-state index is 0.130. The lowest BCUT2D eigenvalue weighted by molar-refractivity contribution is 0.0950. The molecule has 1 aromatic heterocycles. The Morgan fingerprint density at radius 2 is 1.93 bits per heavy atom. The first-order chi connectivity index (χ1) is 13.2. The Morgan fingerprint density at radius 1 is 1.11 bits per heavy atom. The number of hydrogen-bond acceptors (Lipinski definition) is 6. The average Bonchev–Trinajstić information content (AvgIpc) is 3.20. The number of fused-ring (bicyclic) bond motifs is 1. The maximum Gasteiger partial charge on any atom is 0.253 e. The van der Waals surface area contributed by atoms with Gasteiger partial charge in [-0.05, 0) is 30.3 Å². The minimum atomic E-state index is -0.130. The molecule has 0 unspecified atom stereocenters. The Morgan fingerprint density at radius 3 is 2.74 bits per heavy atom. The Hall–Kier alpha value is -2.80. The number of likely N-dealkylation sites (N-methyl/N-ethyl adjacent to an activating group) is 1. The molecule has 0 radical (unpaired) electrons. The van der Waals surface area contributed by atoms with Gasteiger partial charge < -0.3 is 24.6 Å². The van der Waals surface area contributed by atoms with E-state index < -0.39 is 0 Å². The fourth-order valence-electron chi connectivity index (χ4n) is 3.38. The Kier molecular flexibility index (Phi) is 5.11. The molecule has 2 aromatic rings. The number of nitrogens with one attached hydrogen (secondary N) is 1. The third kappa shape index (κ3) is 3.98. The van der Waals surface area contributed by atoms with Crippen molar-refractivity contribution in [2.75, 3.05) is 44.4 Å². The van der Waals surface area contributed by atoms with Gasteiger partial charge in [0.05, 0.1) is 17.4 Å². The molecular formula is C20H24N4O3. The Balaban J connectivity index is 1.37. The summed E-state index contributed by atoms with van der Waals surface area (Å²) in [4.78, 5) is 21.5. The van der Waals surface area contributed by atoms with Crippen LogP contribution in [0.2, 0.25) is 0 Å². The van der Waals surface area contributed by atoms with Gasteiger partial charge in [0.2, 0.25) is 6.79 Å². The van der Waals surface area contributed by atoms with Crippen LogP contribution < -0.4 is 19.7 Å². The van der Waals surface area contributed by atoms with E-state index in [2.05, 4.69) is 27.0 Å². The summed E-state index contributed by atoms with van der Waals surface area (Å²) in [5.74, 6) is 1.33. The normalized spacial score (nSPS) is 16.4. The quantitative estimate of drug-likeness (QED) is 0.869. The molecule has 1 fully saturated rings. The lowest BCUT2D eigenvalue weighted by Gasteiger charge is -2.35. The molecule has 0 bridgehead atoms. The highest BCUT2D eigenvalue weighted by atomic mass is 16.7. The average molecular weight is 368 g/mol. The molecule has 1 N–H and O–H groups in total. The highest BCUT2D eigenvalue weighted by Crippen LogP contribution is 2.32. The third-order valence-corrected chi connectivity index (χ3v) is 5.06. The predicted octanol–water partition coefficient (Wildman–Crippen LogP) is 1.88. The number of aromatic nitrogens is 1. The molecule has 142 valence electrons. The van der Waals surface area contributed by atoms with Crippen molar-refractivity contribution >= 4 is 11.6 Å². The lowest BCUT2D eigenvalue weighted by atomic mass is 10.2. The zero-order valence-corrected chi connectivity index (χ0v) is 15.5. The summed E-state index contributed by atoms with van der Waals surface area (Å²) in [6, 6.07) is 7.60. The summed E-state index contributed by atoms with van der Waals surface area (Å²) in [5.41, 5.74) is 2.54. The van der Waals surface area contributed by atoms with Gasteiger partial charge in [-0.1, -0.05) is 13.0 Å². The first-order valence-corrected chi connectivity index (χ1v) is 9.32. The highest BCUT2D eigenvalue weighted by molar-refractivity contribution is 5.94. The van der Waals surface area contributed by atoms with Gasteiger partial charge in [-0.3, -0.25) is 9.78 Å². The molecule has 27 heavy (non-hydrogen) atoms. The standard InChI is InChI=1S/C20H24N4O3/c1-2-23-5-7-24(8-6-23)17-10-16(12-21-13-17)20(25)22-11-15-3-4-18-19(9-15)27-14-26-18/h3-4,9-10,12-13H,2,5-8,11,14H2,1H3,(H,22,25). The second kappa shape index (κ2) is 7.84. The molecular weight excluding hydrogens is 344 g/mol. The van der Waals surface area contributed by atoms with Crippen molar-refractivity contribution in [1.82, 2.24) is 15.2 Å². The van der Waals surface area contributed by atoms with Crippen LogP contribution in [0.1, 0.15) is 22.8 Å². The molecule has 0 spiro atoms. The Bertz CT molecular complexity index is 819. The molecule has 3 heterocycles. The number of ether oxygens (including phenoxy) is 2. The van der Waals surface area contributed by atoms with Crippen LogP contribution in [-0.4, -0.2) is 55.3 Å². The second-order valence-electron chi connectivity index (χ2n) is 6.72. The largest absolute Gasteiger partial charge is 0.454 e. The van der Waals surface area contributed by atoms with Gasteiger partial charge in [-0.2, -0.15) is 0 Å². The maximum absolute atomic E-state index is 12.6. The maximum atomic E-state index is 12.6. The van der Waals surface area contributed by atoms with Crippen LogP contribution in [0.15, 0.2) is 36.7 Å². The molecule has 7 nitrogen and oxygen atoms in total. The highest BCUT2D eigenvalue weighted by Gasteiger charge is 2.18. The van der Waals surface area contributed by atoms with Crippen molar-refractivity contribution < 1.29 is 14.3 Å². The minimum Gasteiger partial charge on any atom is -0.454 e. The van der Waals surface area contributed by atoms with E-state index in [1.807, 2.05) is 30.5 Å². The van der Waals surface area contributed by atoms with E-state index >= 15 is 0 Å². The zero-order chi connectivity index (χ0) is 18.6. The smallest absolute Gasteiger partial charge is 0.253 e. The first-order valence-electron chi connectivity index (χ1n) is 9.32. The van der Waals surface area contributed by atoms with Crippen LogP contribution in [0.5, 0.6) is 11.5 Å². The number of rotatable bonds is 5. The summed E-state index contributed by atoms with van der Waals surface area (Å²) >= 11 is 0. The van der Waals surface area contributed by atoms with Crippen LogP contribution in [0.3, 0.4) is 0 Å². The summed E-state index contributed by atoms with van der Waals surface area (Å²) in [6.07, 6.45) is 3.44. The molecule has 2 aliphatic rings. The van der Waals surface area contributed by atoms with Gasteiger partial charge in [0.25, 0.3) is 5.91 Å². The van der Waals surface area contributed by atoms with Crippen LogP contribution in [0, 0.1) is 0 Å². The van der Waals surface area contributed by atoms with E-state index in [4.69, 9.17) is 9.47 Å². The number of carbonyl (C=O) groups is 1. The summed E-state index contributed by atoms with van der Waals surface area (Å²) in [5, 5.41) is 2.95. The number of carbonyl (C=O) groups excluding carboxylic acids is 1. The van der Waals surface area contributed by atoms with Gasteiger partial charge in [-0.15, -0.1) is 0 Å². The number of amides is 1. The van der Waals surface area contributed by atoms with Crippen molar-refractivity contribution in [3.8, 4) is 11.5 Å². The van der Waals surface area contributed by atoms with Gasteiger partial charge in [-0.25, -0.2) is 0 Å². The monoisotopic (exact) mass is 368 g/mol. The number of hydrogen-bond donors (Lipinski definition) is 1. The molecule has 4 rings (SSSR count). The number of piperazine rings is 1. The molecule has 0 atom stereocenters. The van der Waals surface area contributed by atoms with Crippen LogP contribution in [-0.2, 0) is 6.54 Å². The van der Waals surface area contributed by atoms with E-state index in [1.54, 1.807) is 6.20 Å². The fraction of sp³-hybridized carbons (Fsp3) is 0.400. The SMILES string of the molecule is CCN1CCN(c2cncc(C(=O)NCc3ccc4c(c3)OCO4)c2)CC1. The summed E-state index contributed by atoms with van der Waals surface area (Å²) in [6.45, 7) is 7.92. The van der Waals surface area contributed by atoms with Crippen LogP contribution in [0.25, 0.3) is 0 Å². The van der Waals surface area contributed by atoms with Gasteiger partial charge in [0, 0.05) is 38.9 Å². The van der Waals surface area contributed by atoms with Gasteiger partial charge in [0.15, 0.2) is 11.5 Å². The molecule has 0 aliphatic carbocycles. The number of nitrogens with zero attached hydrogens (tertiary/aromatic N) is 3. The van der Waals surface area contributed by atoms with E-state index in [0.29, 0.717) is 12.1 Å². The lowest BCUT2D eigenvalue weighted by Crippen LogP contribution is -2.46. The molecule has 0 saturated carbocycles. The molecule has 1 saturated heterocycles. The fourth-order valence-corrected chi connectivity index (χ4v) is 3.38. The second-order valence-corrected chi connectivity index (χ2v) is 6.72. The summed E-state index contributed by atoms with van der Waals surface area (Å²) < 4.78 is 10.7. The number of anilines is 1. The number of pyridine rings is 1. The molecule has 2 aliphatic heterocycles. The van der Waals surface area contributed by atoms with Crippen molar-refractivity contribution in [1.29, 1.82) is 0 Å². The molecule has 1 amide bonds. The van der Waals surface area contributed by atoms with Gasteiger partial charge in [0.1, 0.15) is 0 Å². The summed E-state index contributed by atoms with van der Waals surface area (Å²) in [7, 11) is 0. The van der Waals surface area contributed by atoms with E-state index in [0.717, 1.165) is 55.5 Å². The van der Waals surface area contributed by atoms with Gasteiger partial charge >= 0.3 is 0 Å². The first kappa shape index (κ1) is 17.6. The third-order valence-electron chi connectivity index (χ3n) is 5.06. The molecule has 7 heteroatoms. The van der Waals surface area contributed by atoms with E-state index in [9.17, 15) is 4.79 Å². The zero-order valence-electron chi connectivity index (χ0n) is 15.5. The van der Waals surface area contributed by atoms with E-state index in [-0.39, 0.29) is 12.7 Å². The predicted molar refractivity (Wildman–Crippen MR) is 102 cm³/mol. The number of benzene rings is 1. The Labute approximate surface area is 158 Å². The van der Waals surface area contributed by atoms with Crippen LogP contribution >= 0.6 is 0 Å². The topological polar surface area (TPSA) is 66.9 Å². The van der Waals surface area contributed by atoms with Crippen molar-refractivity contribution in [2.24, 2.45) is 0 Å². The van der Waals surface area contributed by atoms with Crippen LogP contribution in [0.4, 0.5) is 5.69 Å². The van der Waals surface area contributed by atoms with Crippen molar-refractivity contribution in [3.63, 3.8) is 0 Å². The van der Waals surface area contributed by atoms with E-state index in [1.165, 1.54) is 0 Å². The van der Waals surface area contributed by atoms with Crippen molar-refractivity contribution in [2.45, 2.75) is 13.5 Å². The molecule has 1 aromatic carbocycles. The van der Waals surface area contributed by atoms with Crippen molar-refractivity contribution in [3.05, 3.63) is 47.8 Å².